The predicted molar refractivity (Wildman–Crippen MR) is 82.8 cm³/mol. The summed E-state index contributed by atoms with van der Waals surface area (Å²) in [4.78, 5) is 24.5. The van der Waals surface area contributed by atoms with Crippen LogP contribution in [-0.2, 0) is 11.8 Å². The number of hydrogen-bond acceptors (Lipinski definition) is 3. The van der Waals surface area contributed by atoms with Gasteiger partial charge in [0.1, 0.15) is 5.69 Å². The van der Waals surface area contributed by atoms with Crippen LogP contribution in [0.15, 0.2) is 52.0 Å². The van der Waals surface area contributed by atoms with E-state index in [1.54, 1.807) is 29.9 Å². The second-order valence-electron chi connectivity index (χ2n) is 4.12. The maximum absolute atomic E-state index is 11.8. The molecular weight excluding hydrogens is 340 g/mol. The SMILES string of the molecule is Cn1cccc1C(=O)NC(=O)CSc1ccc(Br)cc1. The highest BCUT2D eigenvalue weighted by molar-refractivity contribution is 9.10. The lowest BCUT2D eigenvalue weighted by atomic mass is 10.4. The van der Waals surface area contributed by atoms with Gasteiger partial charge in [-0.25, -0.2) is 0 Å². The van der Waals surface area contributed by atoms with Crippen molar-refractivity contribution in [3.8, 4) is 0 Å². The van der Waals surface area contributed by atoms with Crippen LogP contribution < -0.4 is 5.32 Å². The zero-order valence-corrected chi connectivity index (χ0v) is 13.2. The molecule has 1 heterocycles. The molecule has 20 heavy (non-hydrogen) atoms. The largest absolute Gasteiger partial charge is 0.347 e. The molecule has 0 saturated heterocycles. The van der Waals surface area contributed by atoms with E-state index in [9.17, 15) is 9.59 Å². The van der Waals surface area contributed by atoms with Gasteiger partial charge >= 0.3 is 0 Å². The molecule has 1 aromatic carbocycles. The van der Waals surface area contributed by atoms with Gasteiger partial charge in [-0.2, -0.15) is 0 Å². The van der Waals surface area contributed by atoms with Gasteiger partial charge in [0, 0.05) is 22.6 Å². The number of carbonyl (C=O) groups excluding carboxylic acids is 2. The molecule has 2 rings (SSSR count). The molecule has 0 aliphatic carbocycles. The first-order valence-corrected chi connectivity index (χ1v) is 7.68. The number of carbonyl (C=O) groups is 2. The molecule has 0 aliphatic rings. The summed E-state index contributed by atoms with van der Waals surface area (Å²) >= 11 is 4.74. The molecule has 0 atom stereocenters. The summed E-state index contributed by atoms with van der Waals surface area (Å²) in [6.07, 6.45) is 1.76. The molecule has 0 unspecified atom stereocenters. The minimum atomic E-state index is -0.376. The molecule has 1 aromatic heterocycles. The lowest BCUT2D eigenvalue weighted by Crippen LogP contribution is -2.32. The van der Waals surface area contributed by atoms with Gasteiger partial charge in [0.15, 0.2) is 0 Å². The number of rotatable bonds is 4. The normalized spacial score (nSPS) is 10.3. The number of benzene rings is 1. The summed E-state index contributed by atoms with van der Waals surface area (Å²) < 4.78 is 2.66. The van der Waals surface area contributed by atoms with Crippen molar-refractivity contribution in [1.29, 1.82) is 0 Å². The van der Waals surface area contributed by atoms with Crippen LogP contribution >= 0.6 is 27.7 Å². The number of halogens is 1. The molecule has 0 radical (unpaired) electrons. The maximum atomic E-state index is 11.8. The summed E-state index contributed by atoms with van der Waals surface area (Å²) in [6, 6.07) is 11.1. The van der Waals surface area contributed by atoms with Crippen LogP contribution in [0.1, 0.15) is 10.5 Å². The third-order valence-electron chi connectivity index (χ3n) is 2.61. The Morgan fingerprint density at radius 3 is 2.55 bits per heavy atom. The third-order valence-corrected chi connectivity index (χ3v) is 4.15. The zero-order chi connectivity index (χ0) is 14.5. The van der Waals surface area contributed by atoms with Gasteiger partial charge in [0.2, 0.25) is 5.91 Å². The fourth-order valence-electron chi connectivity index (χ4n) is 1.60. The lowest BCUT2D eigenvalue weighted by Gasteiger charge is -2.05. The molecule has 0 bridgehead atoms. The molecule has 1 N–H and O–H groups in total. The Hall–Kier alpha value is -1.53. The number of amides is 2. The van der Waals surface area contributed by atoms with Gasteiger partial charge in [0.25, 0.3) is 5.91 Å². The molecule has 4 nitrogen and oxygen atoms in total. The number of thioether (sulfide) groups is 1. The molecule has 0 spiro atoms. The van der Waals surface area contributed by atoms with Gasteiger partial charge in [-0.15, -0.1) is 11.8 Å². The number of imide groups is 1. The van der Waals surface area contributed by atoms with Crippen molar-refractivity contribution in [2.75, 3.05) is 5.75 Å². The van der Waals surface area contributed by atoms with Crippen LogP contribution in [0, 0.1) is 0 Å². The molecule has 2 aromatic rings. The number of aromatic nitrogens is 1. The van der Waals surface area contributed by atoms with E-state index in [0.29, 0.717) is 5.69 Å². The Labute approximate surface area is 129 Å². The monoisotopic (exact) mass is 352 g/mol. The predicted octanol–water partition coefficient (Wildman–Crippen LogP) is 2.84. The number of nitrogens with zero attached hydrogens (tertiary/aromatic N) is 1. The average molecular weight is 353 g/mol. The van der Waals surface area contributed by atoms with Crippen molar-refractivity contribution in [2.45, 2.75) is 4.90 Å². The topological polar surface area (TPSA) is 51.1 Å². The van der Waals surface area contributed by atoms with Crippen LogP contribution in [0.4, 0.5) is 0 Å². The highest BCUT2D eigenvalue weighted by Crippen LogP contribution is 2.20. The fraction of sp³-hybridized carbons (Fsp3) is 0.143. The summed E-state index contributed by atoms with van der Waals surface area (Å²) in [6.45, 7) is 0. The molecule has 6 heteroatoms. The van der Waals surface area contributed by atoms with Crippen molar-refractivity contribution in [3.63, 3.8) is 0 Å². The van der Waals surface area contributed by atoms with Crippen LogP contribution in [0.5, 0.6) is 0 Å². The smallest absolute Gasteiger partial charge is 0.274 e. The van der Waals surface area contributed by atoms with Crippen molar-refractivity contribution in [1.82, 2.24) is 9.88 Å². The molecule has 0 saturated carbocycles. The van der Waals surface area contributed by atoms with E-state index in [1.165, 1.54) is 11.8 Å². The van der Waals surface area contributed by atoms with E-state index in [0.717, 1.165) is 9.37 Å². The van der Waals surface area contributed by atoms with E-state index in [-0.39, 0.29) is 17.6 Å². The Balaban J connectivity index is 1.85. The average Bonchev–Trinajstić information content (AvgIpc) is 2.84. The zero-order valence-electron chi connectivity index (χ0n) is 10.8. The Morgan fingerprint density at radius 2 is 1.95 bits per heavy atom. The molecule has 0 fully saturated rings. The first kappa shape index (κ1) is 14.9. The van der Waals surface area contributed by atoms with Crippen LogP contribution in [0.25, 0.3) is 0 Å². The van der Waals surface area contributed by atoms with Gasteiger partial charge in [0.05, 0.1) is 5.75 Å². The molecule has 104 valence electrons. The Kier molecular flexibility index (Phi) is 5.03. The number of aryl methyl sites for hydroxylation is 1. The van der Waals surface area contributed by atoms with Crippen LogP contribution in [0.2, 0.25) is 0 Å². The standard InChI is InChI=1S/C14H13BrN2O2S/c1-17-8-2-3-12(17)14(19)16-13(18)9-20-11-6-4-10(15)5-7-11/h2-8H,9H2,1H3,(H,16,18,19). The summed E-state index contributed by atoms with van der Waals surface area (Å²) in [5.74, 6) is -0.472. The van der Waals surface area contributed by atoms with Gasteiger partial charge in [-0.05, 0) is 36.4 Å². The van der Waals surface area contributed by atoms with Crippen molar-refractivity contribution in [3.05, 3.63) is 52.8 Å². The van der Waals surface area contributed by atoms with E-state index in [1.807, 2.05) is 24.3 Å². The van der Waals surface area contributed by atoms with Gasteiger partial charge in [-0.1, -0.05) is 15.9 Å². The highest BCUT2D eigenvalue weighted by Gasteiger charge is 2.12. The first-order chi connectivity index (χ1) is 9.56. The van der Waals surface area contributed by atoms with Crippen molar-refractivity contribution >= 4 is 39.5 Å². The van der Waals surface area contributed by atoms with Crippen LogP contribution in [0.3, 0.4) is 0 Å². The second kappa shape index (κ2) is 6.76. The molecular formula is C14H13BrN2O2S. The van der Waals surface area contributed by atoms with Crippen molar-refractivity contribution in [2.24, 2.45) is 7.05 Å². The number of hydrogen-bond donors (Lipinski definition) is 1. The fourth-order valence-corrected chi connectivity index (χ4v) is 2.57. The van der Waals surface area contributed by atoms with E-state index in [4.69, 9.17) is 0 Å². The minimum absolute atomic E-state index is 0.206. The lowest BCUT2D eigenvalue weighted by molar-refractivity contribution is -0.117. The number of nitrogens with one attached hydrogen (secondary N) is 1. The van der Waals surface area contributed by atoms with Gasteiger partial charge < -0.3 is 4.57 Å². The maximum Gasteiger partial charge on any atom is 0.274 e. The quantitative estimate of drug-likeness (QED) is 0.860. The summed E-state index contributed by atoms with van der Waals surface area (Å²) in [5.41, 5.74) is 0.465. The minimum Gasteiger partial charge on any atom is -0.347 e. The second-order valence-corrected chi connectivity index (χ2v) is 6.09. The summed E-state index contributed by atoms with van der Waals surface area (Å²) in [7, 11) is 1.76. The molecule has 2 amide bonds. The van der Waals surface area contributed by atoms with Crippen LogP contribution in [-0.4, -0.2) is 22.1 Å². The van der Waals surface area contributed by atoms with Crippen molar-refractivity contribution < 1.29 is 9.59 Å². The van der Waals surface area contributed by atoms with Gasteiger partial charge in [-0.3, -0.25) is 14.9 Å². The summed E-state index contributed by atoms with van der Waals surface area (Å²) in [5, 5.41) is 2.38. The van der Waals surface area contributed by atoms with E-state index >= 15 is 0 Å². The highest BCUT2D eigenvalue weighted by atomic mass is 79.9. The van der Waals surface area contributed by atoms with E-state index < -0.39 is 0 Å². The Morgan fingerprint density at radius 1 is 1.25 bits per heavy atom. The molecule has 0 aliphatic heterocycles. The Bertz CT molecular complexity index is 622. The van der Waals surface area contributed by atoms with E-state index in [2.05, 4.69) is 21.2 Å². The first-order valence-electron chi connectivity index (χ1n) is 5.90. The third kappa shape index (κ3) is 3.98.